The van der Waals surface area contributed by atoms with Crippen LogP contribution in [0.4, 0.5) is 9.18 Å². The minimum Gasteiger partial charge on any atom is -0.493 e. The summed E-state index contributed by atoms with van der Waals surface area (Å²) < 4.78 is 25.6. The molecule has 2 amide bonds. The number of nitrogens with two attached hydrogens (primary N) is 1. The minimum absolute atomic E-state index is 0.273. The van der Waals surface area contributed by atoms with Crippen molar-refractivity contribution in [3.8, 4) is 5.75 Å². The normalized spacial score (nSPS) is 25.8. The van der Waals surface area contributed by atoms with E-state index in [0.717, 1.165) is 18.4 Å². The van der Waals surface area contributed by atoms with Gasteiger partial charge in [-0.1, -0.05) is 30.3 Å². The first kappa shape index (κ1) is 21.7. The number of likely N-dealkylation sites (tertiary alicyclic amines) is 1. The van der Waals surface area contributed by atoms with Gasteiger partial charge in [0.25, 0.3) is 5.91 Å². The number of benzene rings is 2. The molecule has 174 valence electrons. The van der Waals surface area contributed by atoms with Crippen molar-refractivity contribution in [1.29, 1.82) is 0 Å². The summed E-state index contributed by atoms with van der Waals surface area (Å²) in [6.45, 7) is 1.65. The summed E-state index contributed by atoms with van der Waals surface area (Å²) >= 11 is 0. The summed E-state index contributed by atoms with van der Waals surface area (Å²) in [7, 11) is 1.31. The number of nitrogens with zero attached hydrogens (tertiary/aromatic N) is 3. The van der Waals surface area contributed by atoms with Crippen LogP contribution < -0.4 is 10.5 Å². The molecule has 0 aromatic heterocycles. The molecule has 3 aliphatic heterocycles. The summed E-state index contributed by atoms with van der Waals surface area (Å²) in [5, 5.41) is 3.20. The van der Waals surface area contributed by atoms with Gasteiger partial charge in [0.1, 0.15) is 11.6 Å². The lowest BCUT2D eigenvalue weighted by molar-refractivity contribution is -0.146. The van der Waals surface area contributed by atoms with Crippen LogP contribution in [0.3, 0.4) is 0 Å². The van der Waals surface area contributed by atoms with Gasteiger partial charge in [-0.3, -0.25) is 9.69 Å². The molecule has 0 spiro atoms. The van der Waals surface area contributed by atoms with Crippen molar-refractivity contribution in [2.75, 3.05) is 26.8 Å². The van der Waals surface area contributed by atoms with Gasteiger partial charge in [0, 0.05) is 24.6 Å². The van der Waals surface area contributed by atoms with E-state index in [1.54, 1.807) is 11.1 Å². The molecule has 3 aliphatic rings. The van der Waals surface area contributed by atoms with Crippen LogP contribution in [-0.2, 0) is 9.53 Å². The highest BCUT2D eigenvalue weighted by Crippen LogP contribution is 2.54. The van der Waals surface area contributed by atoms with E-state index in [9.17, 15) is 14.0 Å². The number of primary amides is 1. The van der Waals surface area contributed by atoms with Crippen molar-refractivity contribution in [3.63, 3.8) is 0 Å². The minimum atomic E-state index is -0.887. The molecule has 0 radical (unpaired) electrons. The summed E-state index contributed by atoms with van der Waals surface area (Å²) in [5.41, 5.74) is 7.41. The van der Waals surface area contributed by atoms with Gasteiger partial charge in [-0.25, -0.2) is 14.2 Å². The monoisotopic (exact) mass is 454 g/mol. The maximum atomic E-state index is 14.4. The third-order valence-electron chi connectivity index (χ3n) is 6.82. The fraction of sp³-hybridized carbons (Fsp3) is 0.417. The maximum Gasteiger partial charge on any atom is 0.424 e. The van der Waals surface area contributed by atoms with Crippen LogP contribution in [-0.4, -0.2) is 59.9 Å². The Morgan fingerprint density at radius 1 is 1.12 bits per heavy atom. The van der Waals surface area contributed by atoms with Crippen molar-refractivity contribution in [2.45, 2.75) is 31.1 Å². The molecule has 2 aromatic carbocycles. The molecule has 2 N–H and O–H groups in total. The molecule has 3 heterocycles. The van der Waals surface area contributed by atoms with E-state index in [2.05, 4.69) is 0 Å². The number of rotatable bonds is 4. The summed E-state index contributed by atoms with van der Waals surface area (Å²) in [6.07, 6.45) is 0.365. The summed E-state index contributed by atoms with van der Waals surface area (Å²) in [4.78, 5) is 28.1. The third kappa shape index (κ3) is 3.61. The zero-order valence-corrected chi connectivity index (χ0v) is 18.4. The van der Waals surface area contributed by atoms with Crippen LogP contribution in [0.25, 0.3) is 0 Å². The van der Waals surface area contributed by atoms with Crippen molar-refractivity contribution in [3.05, 3.63) is 65.5 Å². The van der Waals surface area contributed by atoms with Crippen molar-refractivity contribution >= 4 is 12.0 Å². The van der Waals surface area contributed by atoms with Crippen LogP contribution in [0.1, 0.15) is 36.1 Å². The number of hydrazine groups is 1. The zero-order valence-electron chi connectivity index (χ0n) is 18.4. The first-order chi connectivity index (χ1) is 16.0. The number of halogens is 1. The number of methoxy groups -OCH3 is 1. The Bertz CT molecular complexity index is 1050. The number of ether oxygens (including phenoxy) is 2. The van der Waals surface area contributed by atoms with Crippen LogP contribution in [0, 0.1) is 11.7 Å². The Kier molecular flexibility index (Phi) is 5.67. The zero-order chi connectivity index (χ0) is 23.1. The van der Waals surface area contributed by atoms with Gasteiger partial charge in [-0.05, 0) is 36.6 Å². The van der Waals surface area contributed by atoms with E-state index in [0.29, 0.717) is 31.0 Å². The highest BCUT2D eigenvalue weighted by Gasteiger charge is 2.58. The highest BCUT2D eigenvalue weighted by molar-refractivity contribution is 5.80. The number of fused-ring (bicyclic) bond motifs is 3. The second kappa shape index (κ2) is 8.64. The van der Waals surface area contributed by atoms with Gasteiger partial charge < -0.3 is 15.2 Å². The fourth-order valence-electron chi connectivity index (χ4n) is 5.52. The molecule has 2 fully saturated rings. The van der Waals surface area contributed by atoms with Crippen LogP contribution in [0.2, 0.25) is 0 Å². The molecule has 0 aliphatic carbocycles. The van der Waals surface area contributed by atoms with E-state index in [-0.39, 0.29) is 5.92 Å². The number of hydrogen-bond acceptors (Lipinski definition) is 6. The summed E-state index contributed by atoms with van der Waals surface area (Å²) in [5.74, 6) is -0.721. The van der Waals surface area contributed by atoms with E-state index in [1.807, 2.05) is 35.2 Å². The van der Waals surface area contributed by atoms with E-state index >= 15 is 0 Å². The fourth-order valence-corrected chi connectivity index (χ4v) is 5.52. The third-order valence-corrected chi connectivity index (χ3v) is 6.82. The Labute approximate surface area is 191 Å². The SMILES string of the molecule is COC(=O)N1[C@H](c2ccccc2)[C@H]2COc3ccc(F)cc3C2N1C(C(N)=O)N1CCCC1. The molecule has 0 bridgehead atoms. The number of hydrogen-bond donors (Lipinski definition) is 1. The molecular weight excluding hydrogens is 427 g/mol. The van der Waals surface area contributed by atoms with Crippen LogP contribution in [0.15, 0.2) is 48.5 Å². The van der Waals surface area contributed by atoms with Gasteiger partial charge in [-0.2, -0.15) is 5.01 Å². The van der Waals surface area contributed by atoms with Gasteiger partial charge in [0.2, 0.25) is 0 Å². The van der Waals surface area contributed by atoms with Crippen molar-refractivity contribution in [2.24, 2.45) is 11.7 Å². The first-order valence-electron chi connectivity index (χ1n) is 11.2. The first-order valence-corrected chi connectivity index (χ1v) is 11.2. The molecule has 2 unspecified atom stereocenters. The van der Waals surface area contributed by atoms with E-state index < -0.39 is 36.1 Å². The van der Waals surface area contributed by atoms with Gasteiger partial charge in [-0.15, -0.1) is 0 Å². The van der Waals surface area contributed by atoms with Gasteiger partial charge >= 0.3 is 6.09 Å². The number of amides is 2. The van der Waals surface area contributed by atoms with Gasteiger partial charge in [0.05, 0.1) is 25.8 Å². The standard InChI is InChI=1S/C24H27FN4O4/c1-32-24(31)29-20(15-7-3-2-4-8-15)18-14-33-19-10-9-16(25)13-17(19)21(18)28(29)23(22(26)30)27-11-5-6-12-27/h2-4,7-10,13,18,20-21,23H,5-6,11-12,14H2,1H3,(H2,26,30)/t18-,20-,21?,23?/m1/s1. The van der Waals surface area contributed by atoms with Crippen LogP contribution >= 0.6 is 0 Å². The molecule has 2 aromatic rings. The smallest absolute Gasteiger partial charge is 0.424 e. The molecule has 0 saturated carbocycles. The molecule has 33 heavy (non-hydrogen) atoms. The Morgan fingerprint density at radius 2 is 1.85 bits per heavy atom. The molecule has 5 rings (SSSR count). The highest BCUT2D eigenvalue weighted by atomic mass is 19.1. The molecule has 2 saturated heterocycles. The van der Waals surface area contributed by atoms with E-state index in [4.69, 9.17) is 15.2 Å². The molecule has 9 heteroatoms. The van der Waals surface area contributed by atoms with Crippen molar-refractivity contribution in [1.82, 2.24) is 14.9 Å². The lowest BCUT2D eigenvalue weighted by Crippen LogP contribution is -2.60. The Balaban J connectivity index is 1.72. The number of carbonyl (C=O) groups excluding carboxylic acids is 2. The molecule has 4 atom stereocenters. The average Bonchev–Trinajstić information content (AvgIpc) is 3.46. The van der Waals surface area contributed by atoms with Crippen LogP contribution in [0.5, 0.6) is 5.75 Å². The second-order valence-corrected chi connectivity index (χ2v) is 8.67. The largest absolute Gasteiger partial charge is 0.493 e. The molecular formula is C24H27FN4O4. The summed E-state index contributed by atoms with van der Waals surface area (Å²) in [6, 6.07) is 12.9. The average molecular weight is 455 g/mol. The number of carbonyl (C=O) groups is 2. The molecule has 8 nitrogen and oxygen atoms in total. The second-order valence-electron chi connectivity index (χ2n) is 8.67. The Hall–Kier alpha value is -3.17. The lowest BCUT2D eigenvalue weighted by atomic mass is 9.84. The quantitative estimate of drug-likeness (QED) is 0.765. The maximum absolute atomic E-state index is 14.4. The van der Waals surface area contributed by atoms with Gasteiger partial charge in [0.15, 0.2) is 6.17 Å². The van der Waals surface area contributed by atoms with E-state index in [1.165, 1.54) is 24.3 Å². The predicted molar refractivity (Wildman–Crippen MR) is 117 cm³/mol. The topological polar surface area (TPSA) is 88.3 Å². The predicted octanol–water partition coefficient (Wildman–Crippen LogP) is 2.82. The Morgan fingerprint density at radius 3 is 2.52 bits per heavy atom. The van der Waals surface area contributed by atoms with Crippen molar-refractivity contribution < 1.29 is 23.5 Å². The lowest BCUT2D eigenvalue weighted by Gasteiger charge is -2.42.